The first-order valence-corrected chi connectivity index (χ1v) is 2.72. The first-order valence-electron chi connectivity index (χ1n) is 2.72. The van der Waals surface area contributed by atoms with Gasteiger partial charge in [-0.1, -0.05) is 19.0 Å². The molecule has 0 unspecified atom stereocenters. The number of carbonyl (C=O) groups excluding carboxylic acids is 1. The molecule has 0 saturated carbocycles. The minimum atomic E-state index is -0.505. The molecule has 0 spiro atoms. The molecule has 9 heavy (non-hydrogen) atoms. The van der Waals surface area contributed by atoms with Gasteiger partial charge in [-0.25, -0.2) is 0 Å². The van der Waals surface area contributed by atoms with Crippen LogP contribution in [0.5, 0.6) is 0 Å². The lowest BCUT2D eigenvalue weighted by atomic mass is 10.1. The molecule has 0 aromatic rings. The lowest BCUT2D eigenvalue weighted by Gasteiger charge is -2.04. The first kappa shape index (κ1) is 7.98. The summed E-state index contributed by atoms with van der Waals surface area (Å²) in [6.07, 6.45) is 0.657. The minimum Gasteiger partial charge on any atom is -0.303 e. The third-order valence-corrected chi connectivity index (χ3v) is 1.01. The summed E-state index contributed by atoms with van der Waals surface area (Å²) in [7, 11) is 0. The predicted molar refractivity (Wildman–Crippen MR) is 33.8 cm³/mol. The Morgan fingerprint density at radius 2 is 2.22 bits per heavy atom. The van der Waals surface area contributed by atoms with Crippen LogP contribution in [0.2, 0.25) is 0 Å². The third-order valence-electron chi connectivity index (χ3n) is 1.01. The van der Waals surface area contributed by atoms with Gasteiger partial charge in [-0.05, 0) is 11.4 Å². The van der Waals surface area contributed by atoms with E-state index in [0.717, 1.165) is 0 Å². The van der Waals surface area contributed by atoms with Gasteiger partial charge in [0.2, 0.25) is 0 Å². The van der Waals surface area contributed by atoms with E-state index in [1.165, 1.54) is 0 Å². The van der Waals surface area contributed by atoms with Crippen LogP contribution in [-0.4, -0.2) is 12.3 Å². The van der Waals surface area contributed by atoms with Crippen molar-refractivity contribution in [3.05, 3.63) is 10.4 Å². The third kappa shape index (κ3) is 2.72. The Bertz CT molecular complexity index is 137. The maximum atomic E-state index is 10.1. The summed E-state index contributed by atoms with van der Waals surface area (Å²) in [6, 6.07) is -0.505. The van der Waals surface area contributed by atoms with Gasteiger partial charge in [-0.15, -0.1) is 0 Å². The average Bonchev–Trinajstić information content (AvgIpc) is 1.82. The molecule has 4 heteroatoms. The Hall–Kier alpha value is -1.02. The zero-order valence-corrected chi connectivity index (χ0v) is 5.48. The smallest absolute Gasteiger partial charge is 0.129 e. The predicted octanol–water partition coefficient (Wildman–Crippen LogP) is 1.52. The van der Waals surface area contributed by atoms with E-state index >= 15 is 0 Å². The SMILES string of the molecule is CC(C)[C@@H](C=O)N=[N+]=[N-]. The molecule has 50 valence electrons. The zero-order chi connectivity index (χ0) is 7.28. The average molecular weight is 127 g/mol. The highest BCUT2D eigenvalue weighted by atomic mass is 16.1. The van der Waals surface area contributed by atoms with Gasteiger partial charge >= 0.3 is 0 Å². The Morgan fingerprint density at radius 1 is 1.67 bits per heavy atom. The van der Waals surface area contributed by atoms with Gasteiger partial charge in [-0.2, -0.15) is 0 Å². The van der Waals surface area contributed by atoms with Crippen LogP contribution >= 0.6 is 0 Å². The number of azide groups is 1. The lowest BCUT2D eigenvalue weighted by Crippen LogP contribution is -2.12. The van der Waals surface area contributed by atoms with Gasteiger partial charge in [0.15, 0.2) is 0 Å². The molecule has 0 bridgehead atoms. The van der Waals surface area contributed by atoms with Crippen LogP contribution in [0.1, 0.15) is 13.8 Å². The van der Waals surface area contributed by atoms with Crippen molar-refractivity contribution in [2.24, 2.45) is 11.0 Å². The Kier molecular flexibility index (Phi) is 3.48. The molecule has 0 aliphatic heterocycles. The molecule has 0 radical (unpaired) electrons. The van der Waals surface area contributed by atoms with Crippen molar-refractivity contribution >= 4 is 6.29 Å². The second-order valence-corrected chi connectivity index (χ2v) is 2.08. The molecule has 0 aromatic carbocycles. The van der Waals surface area contributed by atoms with E-state index in [1.807, 2.05) is 13.8 Å². The number of nitrogens with zero attached hydrogens (tertiary/aromatic N) is 3. The number of hydrogen-bond acceptors (Lipinski definition) is 2. The Balaban J connectivity index is 3.97. The summed E-state index contributed by atoms with van der Waals surface area (Å²) in [6.45, 7) is 3.65. The molecule has 1 atom stereocenters. The van der Waals surface area contributed by atoms with E-state index in [1.54, 1.807) is 0 Å². The van der Waals surface area contributed by atoms with Crippen LogP contribution in [0, 0.1) is 5.92 Å². The summed E-state index contributed by atoms with van der Waals surface area (Å²) in [5.41, 5.74) is 7.92. The van der Waals surface area contributed by atoms with Crippen molar-refractivity contribution in [2.45, 2.75) is 19.9 Å². The molecule has 0 N–H and O–H groups in total. The second kappa shape index (κ2) is 3.92. The van der Waals surface area contributed by atoms with Gasteiger partial charge in [0.25, 0.3) is 0 Å². The highest BCUT2D eigenvalue weighted by Crippen LogP contribution is 2.02. The number of hydrogen-bond donors (Lipinski definition) is 0. The van der Waals surface area contributed by atoms with Crippen molar-refractivity contribution in [3.8, 4) is 0 Å². The van der Waals surface area contributed by atoms with Crippen LogP contribution in [0.4, 0.5) is 0 Å². The zero-order valence-electron chi connectivity index (χ0n) is 5.48. The largest absolute Gasteiger partial charge is 0.303 e. The van der Waals surface area contributed by atoms with E-state index in [0.29, 0.717) is 6.29 Å². The van der Waals surface area contributed by atoms with Crippen molar-refractivity contribution < 1.29 is 4.79 Å². The van der Waals surface area contributed by atoms with E-state index < -0.39 is 6.04 Å². The monoisotopic (exact) mass is 127 g/mol. The molecule has 0 heterocycles. The van der Waals surface area contributed by atoms with Crippen LogP contribution in [0.15, 0.2) is 5.11 Å². The highest BCUT2D eigenvalue weighted by Gasteiger charge is 2.07. The summed E-state index contributed by atoms with van der Waals surface area (Å²) in [5.74, 6) is 0.0957. The molecule has 0 aliphatic carbocycles. The van der Waals surface area contributed by atoms with E-state index in [9.17, 15) is 4.79 Å². The normalized spacial score (nSPS) is 12.3. The second-order valence-electron chi connectivity index (χ2n) is 2.08. The lowest BCUT2D eigenvalue weighted by molar-refractivity contribution is -0.109. The van der Waals surface area contributed by atoms with Crippen molar-refractivity contribution in [1.29, 1.82) is 0 Å². The number of rotatable bonds is 3. The standard InChI is InChI=1S/C5H9N3O/c1-4(2)5(3-9)7-8-6/h3-5H,1-2H3/t5-/m1/s1. The van der Waals surface area contributed by atoms with E-state index in [-0.39, 0.29) is 5.92 Å². The summed E-state index contributed by atoms with van der Waals surface area (Å²) < 4.78 is 0. The molecule has 0 aliphatic rings. The fourth-order valence-electron chi connectivity index (χ4n) is 0.377. The topological polar surface area (TPSA) is 65.8 Å². The fourth-order valence-corrected chi connectivity index (χ4v) is 0.377. The molecule has 0 aromatic heterocycles. The summed E-state index contributed by atoms with van der Waals surface area (Å²) in [5, 5.41) is 3.25. The molecule has 4 nitrogen and oxygen atoms in total. The Labute approximate surface area is 53.5 Å². The van der Waals surface area contributed by atoms with Crippen LogP contribution in [0.3, 0.4) is 0 Å². The van der Waals surface area contributed by atoms with Gasteiger partial charge in [0.05, 0.1) is 6.04 Å². The molecule has 0 saturated heterocycles. The minimum absolute atomic E-state index is 0.0957. The maximum Gasteiger partial charge on any atom is 0.129 e. The van der Waals surface area contributed by atoms with Gasteiger partial charge < -0.3 is 4.79 Å². The van der Waals surface area contributed by atoms with Crippen LogP contribution < -0.4 is 0 Å². The van der Waals surface area contributed by atoms with Gasteiger partial charge in [0, 0.05) is 4.91 Å². The molecule has 0 rings (SSSR count). The van der Waals surface area contributed by atoms with E-state index in [2.05, 4.69) is 10.0 Å². The van der Waals surface area contributed by atoms with Crippen molar-refractivity contribution in [2.75, 3.05) is 0 Å². The number of aldehydes is 1. The highest BCUT2D eigenvalue weighted by molar-refractivity contribution is 5.58. The molecular formula is C5H9N3O. The van der Waals surface area contributed by atoms with E-state index in [4.69, 9.17) is 5.53 Å². The maximum absolute atomic E-state index is 10.1. The summed E-state index contributed by atoms with van der Waals surface area (Å²) in [4.78, 5) is 12.6. The number of carbonyl (C=O) groups is 1. The molecular weight excluding hydrogens is 118 g/mol. The summed E-state index contributed by atoms with van der Waals surface area (Å²) >= 11 is 0. The van der Waals surface area contributed by atoms with Gasteiger partial charge in [-0.3, -0.25) is 0 Å². The fraction of sp³-hybridized carbons (Fsp3) is 0.800. The Morgan fingerprint density at radius 3 is 2.33 bits per heavy atom. The van der Waals surface area contributed by atoms with Crippen molar-refractivity contribution in [1.82, 2.24) is 0 Å². The molecule has 0 fully saturated rings. The van der Waals surface area contributed by atoms with Crippen LogP contribution in [-0.2, 0) is 4.79 Å². The van der Waals surface area contributed by atoms with Gasteiger partial charge in [0.1, 0.15) is 6.29 Å². The first-order chi connectivity index (χ1) is 4.22. The molecule has 0 amide bonds. The van der Waals surface area contributed by atoms with Crippen molar-refractivity contribution in [3.63, 3.8) is 0 Å². The quantitative estimate of drug-likeness (QED) is 0.245. The van der Waals surface area contributed by atoms with Crippen LogP contribution in [0.25, 0.3) is 10.4 Å².